The molecule has 0 fully saturated rings. The van der Waals surface area contributed by atoms with Gasteiger partial charge in [-0.25, -0.2) is 0 Å². The molecule has 0 aliphatic rings. The zero-order chi connectivity index (χ0) is 5.11. The number of hydrogen-bond donors (Lipinski definition) is 0. The molecule has 0 unspecified atom stereocenters. The third kappa shape index (κ3) is 1.07. The highest BCUT2D eigenvalue weighted by Crippen LogP contribution is 1.76. The van der Waals surface area contributed by atoms with Gasteiger partial charge in [-0.3, -0.25) is 0 Å². The molecule has 7 heavy (non-hydrogen) atoms. The SMILES string of the molecule is [B-]c1ccccc1. The molecule has 0 atom stereocenters. The van der Waals surface area contributed by atoms with Gasteiger partial charge in [-0.15, -0.1) is 12.1 Å². The summed E-state index contributed by atoms with van der Waals surface area (Å²) in [6, 6.07) is 9.49. The zero-order valence-corrected chi connectivity index (χ0v) is 3.96. The lowest BCUT2D eigenvalue weighted by Gasteiger charge is -2.00. The maximum Gasteiger partial charge on any atom is -0.0625 e. The van der Waals surface area contributed by atoms with Gasteiger partial charge in [0.05, 0.1) is 0 Å². The number of hydrogen-bond acceptors (Lipinski definition) is 0. The molecule has 0 spiro atoms. The molecule has 1 aromatic carbocycles. The van der Waals surface area contributed by atoms with Crippen molar-refractivity contribution in [1.82, 2.24) is 0 Å². The van der Waals surface area contributed by atoms with Gasteiger partial charge < -0.3 is 13.3 Å². The average molecular weight is 87.9 g/mol. The largest absolute Gasteiger partial charge is 0.580 e. The summed E-state index contributed by atoms with van der Waals surface area (Å²) in [5.41, 5.74) is 0.822. The van der Waals surface area contributed by atoms with Gasteiger partial charge in [0.15, 0.2) is 0 Å². The second-order valence-electron chi connectivity index (χ2n) is 1.41. The van der Waals surface area contributed by atoms with E-state index < -0.39 is 0 Å². The molecule has 0 saturated carbocycles. The fraction of sp³-hybridized carbons (Fsp3) is 0. The van der Waals surface area contributed by atoms with E-state index in [0.717, 1.165) is 5.46 Å². The molecule has 0 nitrogen and oxygen atoms in total. The Balaban J connectivity index is 3.02. The van der Waals surface area contributed by atoms with Crippen LogP contribution in [0.4, 0.5) is 0 Å². The van der Waals surface area contributed by atoms with Crippen LogP contribution in [0.2, 0.25) is 0 Å². The summed E-state index contributed by atoms with van der Waals surface area (Å²) in [5.74, 6) is 0. The molecule has 0 amide bonds. The van der Waals surface area contributed by atoms with E-state index in [2.05, 4.69) is 0 Å². The van der Waals surface area contributed by atoms with E-state index in [1.807, 2.05) is 30.3 Å². The fourth-order valence-corrected chi connectivity index (χ4v) is 0.453. The predicted molar refractivity (Wildman–Crippen MR) is 31.8 cm³/mol. The Hall–Kier alpha value is -0.715. The Morgan fingerprint density at radius 2 is 1.57 bits per heavy atom. The van der Waals surface area contributed by atoms with E-state index >= 15 is 0 Å². The van der Waals surface area contributed by atoms with E-state index in [1.165, 1.54) is 0 Å². The predicted octanol–water partition coefficient (Wildman–Crippen LogP) is 0.480. The second kappa shape index (κ2) is 1.83. The summed E-state index contributed by atoms with van der Waals surface area (Å²) in [4.78, 5) is 0. The summed E-state index contributed by atoms with van der Waals surface area (Å²) in [6.07, 6.45) is 0. The van der Waals surface area contributed by atoms with Crippen LogP contribution >= 0.6 is 0 Å². The van der Waals surface area contributed by atoms with Gasteiger partial charge in [0.2, 0.25) is 0 Å². The van der Waals surface area contributed by atoms with Crippen molar-refractivity contribution in [2.24, 2.45) is 0 Å². The highest BCUT2D eigenvalue weighted by Gasteiger charge is 1.60. The van der Waals surface area contributed by atoms with Crippen LogP contribution in [0.5, 0.6) is 0 Å². The summed E-state index contributed by atoms with van der Waals surface area (Å²) < 4.78 is 0. The quantitative estimate of drug-likeness (QED) is 0.404. The summed E-state index contributed by atoms with van der Waals surface area (Å²) in [5, 5.41) is 0. The van der Waals surface area contributed by atoms with Crippen molar-refractivity contribution < 1.29 is 0 Å². The Labute approximate surface area is 44.6 Å². The Morgan fingerprint density at radius 3 is 1.86 bits per heavy atom. The minimum atomic E-state index is 0.822. The number of rotatable bonds is 0. The van der Waals surface area contributed by atoms with Crippen LogP contribution in [0.3, 0.4) is 0 Å². The molecule has 0 bridgehead atoms. The molecule has 3 radical (unpaired) electrons. The second-order valence-corrected chi connectivity index (χ2v) is 1.41. The van der Waals surface area contributed by atoms with Crippen LogP contribution in [0.1, 0.15) is 0 Å². The molecule has 0 heterocycles. The van der Waals surface area contributed by atoms with Gasteiger partial charge in [-0.05, 0) is 0 Å². The first kappa shape index (κ1) is 4.44. The maximum absolute atomic E-state index is 5.36. The normalized spacial score (nSPS) is 8.71. The van der Waals surface area contributed by atoms with Gasteiger partial charge in [0, 0.05) is 0 Å². The summed E-state index contributed by atoms with van der Waals surface area (Å²) in [7, 11) is 5.36. The van der Waals surface area contributed by atoms with E-state index in [-0.39, 0.29) is 0 Å². The molecule has 0 aliphatic carbocycles. The summed E-state index contributed by atoms with van der Waals surface area (Å²) >= 11 is 0. The maximum atomic E-state index is 5.36. The van der Waals surface area contributed by atoms with Crippen LogP contribution in [0.25, 0.3) is 0 Å². The van der Waals surface area contributed by atoms with Crippen molar-refractivity contribution in [2.75, 3.05) is 0 Å². The Bertz CT molecular complexity index is 134. The monoisotopic (exact) mass is 88.0 g/mol. The van der Waals surface area contributed by atoms with Gasteiger partial charge in [0.1, 0.15) is 0 Å². The Kier molecular flexibility index (Phi) is 1.16. The molecule has 0 N–H and O–H groups in total. The number of benzene rings is 1. The minimum absolute atomic E-state index is 0.822. The molecule has 1 heteroatoms. The van der Waals surface area contributed by atoms with E-state index in [1.54, 1.807) is 0 Å². The van der Waals surface area contributed by atoms with Crippen molar-refractivity contribution >= 4 is 13.3 Å². The van der Waals surface area contributed by atoms with Crippen molar-refractivity contribution in [3.05, 3.63) is 30.3 Å². The van der Waals surface area contributed by atoms with Crippen LogP contribution in [0.15, 0.2) is 30.3 Å². The first-order chi connectivity index (χ1) is 3.39. The molecule has 33 valence electrons. The lowest BCUT2D eigenvalue weighted by Crippen LogP contribution is -1.97. The topological polar surface area (TPSA) is 0 Å². The lowest BCUT2D eigenvalue weighted by molar-refractivity contribution is 1.78. The van der Waals surface area contributed by atoms with E-state index in [4.69, 9.17) is 7.85 Å². The van der Waals surface area contributed by atoms with Crippen molar-refractivity contribution in [1.29, 1.82) is 0 Å². The van der Waals surface area contributed by atoms with Gasteiger partial charge in [-0.1, -0.05) is 18.2 Å². The molecule has 0 aliphatic heterocycles. The van der Waals surface area contributed by atoms with Gasteiger partial charge in [-0.2, -0.15) is 0 Å². The highest BCUT2D eigenvalue weighted by atomic mass is 13.7. The third-order valence-electron chi connectivity index (χ3n) is 0.800. The fourth-order valence-electron chi connectivity index (χ4n) is 0.453. The first-order valence-corrected chi connectivity index (χ1v) is 2.20. The Morgan fingerprint density at radius 1 is 1.00 bits per heavy atom. The molecular formula is C6H5B-. The van der Waals surface area contributed by atoms with Gasteiger partial charge in [0.25, 0.3) is 0 Å². The van der Waals surface area contributed by atoms with E-state index in [9.17, 15) is 0 Å². The average Bonchev–Trinajstić information content (AvgIpc) is 1.69. The molecular weight excluding hydrogens is 82.9 g/mol. The highest BCUT2D eigenvalue weighted by molar-refractivity contribution is 6.32. The van der Waals surface area contributed by atoms with Crippen molar-refractivity contribution in [3.8, 4) is 0 Å². The molecule has 0 aromatic heterocycles. The zero-order valence-electron chi connectivity index (χ0n) is 3.96. The minimum Gasteiger partial charge on any atom is -0.580 e. The van der Waals surface area contributed by atoms with Crippen molar-refractivity contribution in [2.45, 2.75) is 0 Å². The van der Waals surface area contributed by atoms with Crippen LogP contribution in [0, 0.1) is 0 Å². The summed E-state index contributed by atoms with van der Waals surface area (Å²) in [6.45, 7) is 0. The van der Waals surface area contributed by atoms with Crippen LogP contribution in [-0.2, 0) is 0 Å². The smallest absolute Gasteiger partial charge is 0.0625 e. The first-order valence-electron chi connectivity index (χ1n) is 2.20. The lowest BCUT2D eigenvalue weighted by atomic mass is 9.97. The standard InChI is InChI=1S/C6H5B/c7-6-4-2-1-3-5-6/h1-5H/q-1. The van der Waals surface area contributed by atoms with E-state index in [0.29, 0.717) is 0 Å². The van der Waals surface area contributed by atoms with Crippen LogP contribution in [-0.4, -0.2) is 7.85 Å². The molecule has 1 aromatic rings. The van der Waals surface area contributed by atoms with Crippen molar-refractivity contribution in [3.63, 3.8) is 0 Å². The van der Waals surface area contributed by atoms with Gasteiger partial charge >= 0.3 is 0 Å². The third-order valence-corrected chi connectivity index (χ3v) is 0.800. The van der Waals surface area contributed by atoms with Crippen LogP contribution < -0.4 is 5.46 Å². The molecule has 0 saturated heterocycles. The molecule has 1 rings (SSSR count).